The van der Waals surface area contributed by atoms with E-state index in [1.54, 1.807) is 0 Å². The van der Waals surface area contributed by atoms with E-state index in [-0.39, 0.29) is 12.0 Å². The van der Waals surface area contributed by atoms with Gasteiger partial charge >= 0.3 is 0 Å². The number of morpholine rings is 1. The Bertz CT molecular complexity index is 756. The Balaban J connectivity index is 1.39. The Morgan fingerprint density at radius 1 is 1.12 bits per heavy atom. The smallest absolute Gasteiger partial charge is 0.254 e. The van der Waals surface area contributed by atoms with Crippen LogP contribution in [0.25, 0.3) is 0 Å². The van der Waals surface area contributed by atoms with Gasteiger partial charge in [0.05, 0.1) is 19.8 Å². The fraction of sp³-hybridized carbons (Fsp3) is 0.381. The number of rotatable bonds is 5. The van der Waals surface area contributed by atoms with Gasteiger partial charge in [0.2, 0.25) is 0 Å². The lowest BCUT2D eigenvalue weighted by Gasteiger charge is -2.33. The quantitative estimate of drug-likeness (QED) is 0.784. The van der Waals surface area contributed by atoms with Crippen LogP contribution in [0.1, 0.15) is 34.9 Å². The highest BCUT2D eigenvalue weighted by Gasteiger charge is 2.26. The van der Waals surface area contributed by atoms with Gasteiger partial charge in [0.15, 0.2) is 0 Å². The van der Waals surface area contributed by atoms with Crippen molar-refractivity contribution in [1.29, 1.82) is 0 Å². The molecule has 0 N–H and O–H groups in total. The molecule has 1 unspecified atom stereocenters. The Labute approximate surface area is 158 Å². The molecule has 1 saturated heterocycles. The molecule has 5 heteroatoms. The van der Waals surface area contributed by atoms with Gasteiger partial charge in [0.1, 0.15) is 11.9 Å². The fourth-order valence-electron chi connectivity index (χ4n) is 3.09. The molecule has 1 aliphatic carbocycles. The van der Waals surface area contributed by atoms with Crippen LogP contribution in [0.4, 0.5) is 0 Å². The molecule has 4 rings (SSSR count). The van der Waals surface area contributed by atoms with E-state index in [9.17, 15) is 4.79 Å². The lowest BCUT2D eigenvalue weighted by atomic mass is 10.1. The predicted octanol–water partition coefficient (Wildman–Crippen LogP) is 4.34. The number of halogens is 1. The van der Waals surface area contributed by atoms with E-state index in [2.05, 4.69) is 0 Å². The summed E-state index contributed by atoms with van der Waals surface area (Å²) in [6.07, 6.45) is 2.41. The number of hydrogen-bond acceptors (Lipinski definition) is 3. The van der Waals surface area contributed by atoms with Crippen molar-refractivity contribution in [3.05, 3.63) is 64.7 Å². The van der Waals surface area contributed by atoms with E-state index in [1.165, 1.54) is 12.8 Å². The highest BCUT2D eigenvalue weighted by molar-refractivity contribution is 6.30. The summed E-state index contributed by atoms with van der Waals surface area (Å²) in [5.41, 5.74) is 1.72. The molecule has 2 aromatic rings. The molecule has 0 bridgehead atoms. The van der Waals surface area contributed by atoms with Crippen LogP contribution in [0.15, 0.2) is 48.5 Å². The first-order valence-corrected chi connectivity index (χ1v) is 9.46. The summed E-state index contributed by atoms with van der Waals surface area (Å²) >= 11 is 5.95. The number of carbonyl (C=O) groups excluding carboxylic acids is 1. The van der Waals surface area contributed by atoms with Crippen molar-refractivity contribution in [2.24, 2.45) is 5.92 Å². The van der Waals surface area contributed by atoms with Gasteiger partial charge < -0.3 is 14.4 Å². The second-order valence-electron chi connectivity index (χ2n) is 6.94. The molecule has 2 fully saturated rings. The number of carbonyl (C=O) groups is 1. The third kappa shape index (κ3) is 4.19. The minimum absolute atomic E-state index is 0.0287. The maximum absolute atomic E-state index is 12.8. The number of ether oxygens (including phenoxy) is 2. The van der Waals surface area contributed by atoms with Crippen molar-refractivity contribution in [1.82, 2.24) is 4.90 Å². The number of benzene rings is 2. The normalized spacial score (nSPS) is 20.0. The zero-order chi connectivity index (χ0) is 17.9. The van der Waals surface area contributed by atoms with Crippen LogP contribution < -0.4 is 4.74 Å². The molecule has 4 nitrogen and oxygen atoms in total. The third-order valence-electron chi connectivity index (χ3n) is 4.88. The molecule has 0 radical (unpaired) electrons. The summed E-state index contributed by atoms with van der Waals surface area (Å²) in [6.45, 7) is 2.45. The Hall–Kier alpha value is -2.04. The lowest BCUT2D eigenvalue weighted by Crippen LogP contribution is -2.42. The summed E-state index contributed by atoms with van der Waals surface area (Å²) < 4.78 is 11.6. The molecule has 26 heavy (non-hydrogen) atoms. The van der Waals surface area contributed by atoms with Crippen molar-refractivity contribution < 1.29 is 14.3 Å². The minimum atomic E-state index is -0.119. The Morgan fingerprint density at radius 3 is 2.54 bits per heavy atom. The monoisotopic (exact) mass is 371 g/mol. The van der Waals surface area contributed by atoms with E-state index < -0.39 is 0 Å². The van der Waals surface area contributed by atoms with Gasteiger partial charge in [-0.05, 0) is 60.7 Å². The van der Waals surface area contributed by atoms with Crippen molar-refractivity contribution in [2.45, 2.75) is 18.9 Å². The maximum atomic E-state index is 12.8. The van der Waals surface area contributed by atoms with E-state index in [4.69, 9.17) is 21.1 Å². The predicted molar refractivity (Wildman–Crippen MR) is 101 cm³/mol. The van der Waals surface area contributed by atoms with Crippen LogP contribution in [0.2, 0.25) is 5.02 Å². The topological polar surface area (TPSA) is 38.8 Å². The first-order valence-electron chi connectivity index (χ1n) is 9.08. The molecule has 1 heterocycles. The van der Waals surface area contributed by atoms with Crippen LogP contribution in [0.3, 0.4) is 0 Å². The minimum Gasteiger partial charge on any atom is -0.493 e. The van der Waals surface area contributed by atoms with Crippen molar-refractivity contribution >= 4 is 17.5 Å². The van der Waals surface area contributed by atoms with Crippen LogP contribution in [0, 0.1) is 5.92 Å². The largest absolute Gasteiger partial charge is 0.493 e. The first-order chi connectivity index (χ1) is 12.7. The van der Waals surface area contributed by atoms with Gasteiger partial charge in [-0.25, -0.2) is 0 Å². The molecule has 1 aliphatic heterocycles. The van der Waals surface area contributed by atoms with Crippen molar-refractivity contribution in [3.63, 3.8) is 0 Å². The first kappa shape index (κ1) is 17.4. The lowest BCUT2D eigenvalue weighted by molar-refractivity contribution is -0.0228. The summed E-state index contributed by atoms with van der Waals surface area (Å²) in [7, 11) is 0. The molecule has 0 spiro atoms. The highest BCUT2D eigenvalue weighted by atomic mass is 35.5. The number of amides is 1. The van der Waals surface area contributed by atoms with E-state index in [0.29, 0.717) is 30.3 Å². The SMILES string of the molecule is O=C(c1ccc(OCC2CC2)cc1)N1CCOC(c2ccc(Cl)cc2)C1. The van der Waals surface area contributed by atoms with Crippen LogP contribution in [0.5, 0.6) is 5.75 Å². The highest BCUT2D eigenvalue weighted by Crippen LogP contribution is 2.30. The van der Waals surface area contributed by atoms with Crippen LogP contribution >= 0.6 is 11.6 Å². The molecule has 2 aliphatic rings. The van der Waals surface area contributed by atoms with Crippen molar-refractivity contribution in [3.8, 4) is 5.75 Å². The third-order valence-corrected chi connectivity index (χ3v) is 5.13. The van der Waals surface area contributed by atoms with E-state index in [1.807, 2.05) is 53.4 Å². The van der Waals surface area contributed by atoms with Gasteiger partial charge in [-0.2, -0.15) is 0 Å². The standard InChI is InChI=1S/C21H22ClNO3/c22-18-7-3-16(4-8-18)20-13-23(11-12-25-20)21(24)17-5-9-19(10-6-17)26-14-15-1-2-15/h3-10,15,20H,1-2,11-14H2. The number of nitrogens with zero attached hydrogens (tertiary/aromatic N) is 1. The van der Waals surface area contributed by atoms with Gasteiger partial charge in [-0.1, -0.05) is 23.7 Å². The zero-order valence-corrected chi connectivity index (χ0v) is 15.3. The fourth-order valence-corrected chi connectivity index (χ4v) is 3.21. The Kier molecular flexibility index (Phi) is 5.14. The molecule has 0 aromatic heterocycles. The maximum Gasteiger partial charge on any atom is 0.254 e. The van der Waals surface area contributed by atoms with Gasteiger partial charge in [0, 0.05) is 17.1 Å². The number of hydrogen-bond donors (Lipinski definition) is 0. The van der Waals surface area contributed by atoms with Crippen LogP contribution in [-0.4, -0.2) is 37.1 Å². The summed E-state index contributed by atoms with van der Waals surface area (Å²) in [5.74, 6) is 1.57. The Morgan fingerprint density at radius 2 is 1.85 bits per heavy atom. The molecule has 1 atom stereocenters. The second kappa shape index (κ2) is 7.68. The summed E-state index contributed by atoms with van der Waals surface area (Å²) in [6, 6.07) is 15.1. The molecule has 1 saturated carbocycles. The average molecular weight is 372 g/mol. The zero-order valence-electron chi connectivity index (χ0n) is 14.6. The van der Waals surface area contributed by atoms with Gasteiger partial charge in [-0.3, -0.25) is 4.79 Å². The van der Waals surface area contributed by atoms with E-state index >= 15 is 0 Å². The molecule has 1 amide bonds. The van der Waals surface area contributed by atoms with E-state index in [0.717, 1.165) is 23.8 Å². The second-order valence-corrected chi connectivity index (χ2v) is 7.38. The van der Waals surface area contributed by atoms with Gasteiger partial charge in [0.25, 0.3) is 5.91 Å². The van der Waals surface area contributed by atoms with Gasteiger partial charge in [-0.15, -0.1) is 0 Å². The van der Waals surface area contributed by atoms with Crippen molar-refractivity contribution in [2.75, 3.05) is 26.3 Å². The molecular weight excluding hydrogens is 350 g/mol. The molecule has 2 aromatic carbocycles. The van der Waals surface area contributed by atoms with Crippen LogP contribution in [-0.2, 0) is 4.74 Å². The summed E-state index contributed by atoms with van der Waals surface area (Å²) in [5, 5.41) is 0.696. The molecule has 136 valence electrons. The molecular formula is C21H22ClNO3. The summed E-state index contributed by atoms with van der Waals surface area (Å²) in [4.78, 5) is 14.7. The average Bonchev–Trinajstić information content (AvgIpc) is 3.51.